The summed E-state index contributed by atoms with van der Waals surface area (Å²) in [5.74, 6) is -0.128. The number of carboxylic acid groups (broad SMARTS) is 1. The predicted molar refractivity (Wildman–Crippen MR) is 80.3 cm³/mol. The monoisotopic (exact) mass is 326 g/mol. The number of methoxy groups -OCH3 is 2. The zero-order valence-electron chi connectivity index (χ0n) is 13.5. The first-order chi connectivity index (χ1) is 11.0. The van der Waals surface area contributed by atoms with Crippen LogP contribution in [-0.2, 0) is 16.1 Å². The normalized spacial score (nSPS) is 21.3. The van der Waals surface area contributed by atoms with E-state index in [9.17, 15) is 9.59 Å². The molecule has 0 unspecified atom stereocenters. The average Bonchev–Trinajstić information content (AvgIpc) is 2.89. The Bertz CT molecular complexity index is 574. The van der Waals surface area contributed by atoms with Gasteiger partial charge in [-0.1, -0.05) is 0 Å². The molecule has 1 aromatic rings. The summed E-state index contributed by atoms with van der Waals surface area (Å²) in [6.45, 7) is 2.73. The maximum atomic E-state index is 12.3. The summed E-state index contributed by atoms with van der Waals surface area (Å²) in [4.78, 5) is 31.8. The van der Waals surface area contributed by atoms with Gasteiger partial charge in [-0.05, 0) is 13.3 Å². The second-order valence-electron chi connectivity index (χ2n) is 5.46. The minimum absolute atomic E-state index is 0.213. The molecule has 2 rings (SSSR count). The molecule has 1 fully saturated rings. The maximum absolute atomic E-state index is 12.3. The van der Waals surface area contributed by atoms with Crippen LogP contribution in [-0.4, -0.2) is 71.4 Å². The SMILES string of the molecule is COCc1nc(C(=O)N[C@@H]2CCN(C(=O)O)C[C@@H]2OC)[nH]c1C. The number of nitrogens with zero attached hydrogens (tertiary/aromatic N) is 2. The third-order valence-electron chi connectivity index (χ3n) is 3.93. The van der Waals surface area contributed by atoms with Gasteiger partial charge >= 0.3 is 6.09 Å². The fraction of sp³-hybridized carbons (Fsp3) is 0.643. The molecular weight excluding hydrogens is 304 g/mol. The summed E-state index contributed by atoms with van der Waals surface area (Å²) in [5.41, 5.74) is 1.46. The molecule has 1 saturated heterocycles. The molecule has 1 aromatic heterocycles. The molecule has 2 amide bonds. The number of rotatable bonds is 5. The van der Waals surface area contributed by atoms with Crippen molar-refractivity contribution >= 4 is 12.0 Å². The number of aromatic amines is 1. The number of amides is 2. The van der Waals surface area contributed by atoms with E-state index >= 15 is 0 Å². The van der Waals surface area contributed by atoms with E-state index in [0.717, 1.165) is 5.69 Å². The van der Waals surface area contributed by atoms with Gasteiger partial charge < -0.3 is 29.8 Å². The maximum Gasteiger partial charge on any atom is 0.407 e. The number of ether oxygens (including phenoxy) is 2. The van der Waals surface area contributed by atoms with Crippen molar-refractivity contribution in [3.05, 3.63) is 17.2 Å². The Labute approximate surface area is 134 Å². The van der Waals surface area contributed by atoms with Crippen molar-refractivity contribution in [1.29, 1.82) is 0 Å². The molecule has 0 aliphatic carbocycles. The number of hydrogen-bond donors (Lipinski definition) is 3. The number of hydrogen-bond acceptors (Lipinski definition) is 5. The number of aromatic nitrogens is 2. The summed E-state index contributed by atoms with van der Waals surface area (Å²) < 4.78 is 10.3. The van der Waals surface area contributed by atoms with Gasteiger partial charge in [-0.25, -0.2) is 9.78 Å². The summed E-state index contributed by atoms with van der Waals surface area (Å²) >= 11 is 0. The van der Waals surface area contributed by atoms with Crippen molar-refractivity contribution in [2.75, 3.05) is 27.3 Å². The number of piperidine rings is 1. The molecule has 23 heavy (non-hydrogen) atoms. The Balaban J connectivity index is 2.01. The molecule has 128 valence electrons. The lowest BCUT2D eigenvalue weighted by Crippen LogP contribution is -2.55. The van der Waals surface area contributed by atoms with Gasteiger partial charge in [-0.3, -0.25) is 4.79 Å². The predicted octanol–water partition coefficient (Wildman–Crippen LogP) is 0.362. The highest BCUT2D eigenvalue weighted by Gasteiger charge is 2.33. The van der Waals surface area contributed by atoms with E-state index in [1.54, 1.807) is 7.11 Å². The lowest BCUT2D eigenvalue weighted by molar-refractivity contribution is 0.0100. The van der Waals surface area contributed by atoms with Crippen molar-refractivity contribution in [2.45, 2.75) is 32.1 Å². The van der Waals surface area contributed by atoms with Crippen molar-refractivity contribution in [2.24, 2.45) is 0 Å². The topological polar surface area (TPSA) is 117 Å². The van der Waals surface area contributed by atoms with Gasteiger partial charge in [0.1, 0.15) is 0 Å². The van der Waals surface area contributed by atoms with Crippen LogP contribution in [0.25, 0.3) is 0 Å². The van der Waals surface area contributed by atoms with Gasteiger partial charge in [0, 0.05) is 26.5 Å². The molecule has 0 radical (unpaired) electrons. The summed E-state index contributed by atoms with van der Waals surface area (Å²) in [6, 6.07) is -0.264. The minimum atomic E-state index is -0.984. The van der Waals surface area contributed by atoms with Crippen LogP contribution in [0.1, 0.15) is 28.4 Å². The van der Waals surface area contributed by atoms with E-state index in [1.165, 1.54) is 12.0 Å². The summed E-state index contributed by atoms with van der Waals surface area (Å²) in [6.07, 6.45) is -0.887. The molecule has 2 atom stereocenters. The molecule has 0 aromatic carbocycles. The number of imidazole rings is 1. The van der Waals surface area contributed by atoms with Crippen LogP contribution in [0, 0.1) is 6.92 Å². The van der Waals surface area contributed by atoms with Gasteiger partial charge in [0.15, 0.2) is 5.82 Å². The average molecular weight is 326 g/mol. The van der Waals surface area contributed by atoms with Crippen molar-refractivity contribution < 1.29 is 24.2 Å². The number of carbonyl (C=O) groups excluding carboxylic acids is 1. The Morgan fingerprint density at radius 3 is 2.83 bits per heavy atom. The molecule has 2 heterocycles. The molecule has 1 aliphatic heterocycles. The molecule has 1 aliphatic rings. The second-order valence-corrected chi connectivity index (χ2v) is 5.46. The Morgan fingerprint density at radius 2 is 2.22 bits per heavy atom. The molecule has 0 spiro atoms. The van der Waals surface area contributed by atoms with Crippen LogP contribution in [0.5, 0.6) is 0 Å². The van der Waals surface area contributed by atoms with Crippen LogP contribution in [0.15, 0.2) is 0 Å². The smallest absolute Gasteiger partial charge is 0.407 e. The minimum Gasteiger partial charge on any atom is -0.465 e. The second kappa shape index (κ2) is 7.42. The van der Waals surface area contributed by atoms with E-state index in [-0.39, 0.29) is 24.3 Å². The molecule has 3 N–H and O–H groups in total. The standard InChI is InChI=1S/C14H22N4O5/c1-8-10(7-22-2)16-12(15-8)13(19)17-9-4-5-18(14(20)21)6-11(9)23-3/h9,11H,4-7H2,1-3H3,(H,15,16)(H,17,19)(H,20,21)/t9-,11+/m1/s1. The van der Waals surface area contributed by atoms with Crippen LogP contribution in [0.3, 0.4) is 0 Å². The lowest BCUT2D eigenvalue weighted by Gasteiger charge is -2.36. The van der Waals surface area contributed by atoms with Gasteiger partial charge in [0.25, 0.3) is 5.91 Å². The van der Waals surface area contributed by atoms with Crippen molar-refractivity contribution in [3.8, 4) is 0 Å². The lowest BCUT2D eigenvalue weighted by atomic mass is 10.0. The van der Waals surface area contributed by atoms with E-state index in [0.29, 0.717) is 25.3 Å². The largest absolute Gasteiger partial charge is 0.465 e. The Morgan fingerprint density at radius 1 is 1.48 bits per heavy atom. The van der Waals surface area contributed by atoms with Crippen molar-refractivity contribution in [1.82, 2.24) is 20.2 Å². The fourth-order valence-electron chi connectivity index (χ4n) is 2.61. The third kappa shape index (κ3) is 3.99. The molecule has 9 heteroatoms. The zero-order valence-corrected chi connectivity index (χ0v) is 13.5. The first kappa shape index (κ1) is 17.2. The van der Waals surface area contributed by atoms with Gasteiger partial charge in [-0.15, -0.1) is 0 Å². The fourth-order valence-corrected chi connectivity index (χ4v) is 2.61. The number of aryl methyl sites for hydroxylation is 1. The van der Waals surface area contributed by atoms with E-state index < -0.39 is 12.2 Å². The van der Waals surface area contributed by atoms with E-state index in [1.807, 2.05) is 6.92 Å². The Kier molecular flexibility index (Phi) is 5.56. The summed E-state index contributed by atoms with van der Waals surface area (Å²) in [5, 5.41) is 11.9. The highest BCUT2D eigenvalue weighted by molar-refractivity contribution is 5.91. The number of likely N-dealkylation sites (tertiary alicyclic amines) is 1. The highest BCUT2D eigenvalue weighted by Crippen LogP contribution is 2.15. The first-order valence-corrected chi connectivity index (χ1v) is 7.32. The third-order valence-corrected chi connectivity index (χ3v) is 3.93. The highest BCUT2D eigenvalue weighted by atomic mass is 16.5. The van der Waals surface area contributed by atoms with Crippen LogP contribution in [0.2, 0.25) is 0 Å². The van der Waals surface area contributed by atoms with Gasteiger partial charge in [-0.2, -0.15) is 0 Å². The number of H-pyrrole nitrogens is 1. The number of carbonyl (C=O) groups is 2. The van der Waals surface area contributed by atoms with Crippen LogP contribution >= 0.6 is 0 Å². The van der Waals surface area contributed by atoms with Gasteiger partial charge in [0.05, 0.1) is 31.0 Å². The van der Waals surface area contributed by atoms with E-state index in [2.05, 4.69) is 15.3 Å². The molecule has 9 nitrogen and oxygen atoms in total. The van der Waals surface area contributed by atoms with Crippen LogP contribution in [0.4, 0.5) is 4.79 Å². The Hall–Kier alpha value is -2.13. The molecular formula is C14H22N4O5. The first-order valence-electron chi connectivity index (χ1n) is 7.32. The summed E-state index contributed by atoms with van der Waals surface area (Å²) in [7, 11) is 3.07. The quantitative estimate of drug-likeness (QED) is 0.719. The molecule has 0 bridgehead atoms. The number of nitrogens with one attached hydrogen (secondary N) is 2. The van der Waals surface area contributed by atoms with Crippen LogP contribution < -0.4 is 5.32 Å². The van der Waals surface area contributed by atoms with E-state index in [4.69, 9.17) is 14.6 Å². The van der Waals surface area contributed by atoms with Crippen molar-refractivity contribution in [3.63, 3.8) is 0 Å². The van der Waals surface area contributed by atoms with Gasteiger partial charge in [0.2, 0.25) is 0 Å². The zero-order chi connectivity index (χ0) is 17.0. The molecule has 0 saturated carbocycles.